The predicted molar refractivity (Wildman–Crippen MR) is 89.6 cm³/mol. The van der Waals surface area contributed by atoms with Gasteiger partial charge in [0, 0.05) is 10.2 Å². The predicted octanol–water partition coefficient (Wildman–Crippen LogP) is 2.65. The maximum atomic E-state index is 12.3. The lowest BCUT2D eigenvalue weighted by Gasteiger charge is -2.15. The normalized spacial score (nSPS) is 23.1. The topological polar surface area (TPSA) is 66.5 Å². The van der Waals surface area contributed by atoms with Crippen LogP contribution >= 0.6 is 15.9 Å². The largest absolute Gasteiger partial charge is 0.324 e. The van der Waals surface area contributed by atoms with Crippen LogP contribution in [0.25, 0.3) is 0 Å². The molecule has 6 heteroatoms. The minimum atomic E-state index is -0.358. The van der Waals surface area contributed by atoms with Gasteiger partial charge in [-0.1, -0.05) is 28.1 Å². The maximum Gasteiger partial charge on any atom is 0.244 e. The highest BCUT2D eigenvalue weighted by Crippen LogP contribution is 2.34. The standard InChI is InChI=1S/C17H17BrN2O3/c1-10-8-11(18)6-7-14(10)19-15(21)9-20-16(22)12-4-2-3-5-13(12)17(20)23/h2-3,6-8,12-13H,4-5,9H2,1H3,(H,19,21)/t12-,13+. The molecule has 1 aliphatic carbocycles. The smallest absolute Gasteiger partial charge is 0.244 e. The Morgan fingerprint density at radius 3 is 2.39 bits per heavy atom. The van der Waals surface area contributed by atoms with Gasteiger partial charge in [0.05, 0.1) is 11.8 Å². The van der Waals surface area contributed by atoms with E-state index < -0.39 is 0 Å². The third-order valence-corrected chi connectivity index (χ3v) is 4.86. The Labute approximate surface area is 142 Å². The summed E-state index contributed by atoms with van der Waals surface area (Å²) in [7, 11) is 0. The van der Waals surface area contributed by atoms with E-state index in [4.69, 9.17) is 0 Å². The third-order valence-electron chi connectivity index (χ3n) is 4.36. The summed E-state index contributed by atoms with van der Waals surface area (Å²) in [5, 5.41) is 2.77. The highest BCUT2D eigenvalue weighted by Gasteiger charge is 2.47. The van der Waals surface area contributed by atoms with Gasteiger partial charge < -0.3 is 5.32 Å². The zero-order valence-corrected chi connectivity index (χ0v) is 14.3. The lowest BCUT2D eigenvalue weighted by atomic mass is 9.85. The maximum absolute atomic E-state index is 12.3. The fourth-order valence-corrected chi connectivity index (χ4v) is 3.60. The monoisotopic (exact) mass is 376 g/mol. The van der Waals surface area contributed by atoms with Gasteiger partial charge >= 0.3 is 0 Å². The number of hydrogen-bond donors (Lipinski definition) is 1. The molecule has 0 aromatic heterocycles. The molecule has 5 nitrogen and oxygen atoms in total. The summed E-state index contributed by atoms with van der Waals surface area (Å²) in [6.45, 7) is 1.66. The number of anilines is 1. The van der Waals surface area contributed by atoms with E-state index in [1.807, 2.05) is 31.2 Å². The first-order chi connectivity index (χ1) is 11.0. The van der Waals surface area contributed by atoms with E-state index in [9.17, 15) is 14.4 Å². The van der Waals surface area contributed by atoms with Crippen LogP contribution in [-0.2, 0) is 14.4 Å². The van der Waals surface area contributed by atoms with Crippen molar-refractivity contribution in [2.24, 2.45) is 11.8 Å². The molecule has 23 heavy (non-hydrogen) atoms. The van der Waals surface area contributed by atoms with E-state index in [2.05, 4.69) is 21.2 Å². The number of nitrogens with one attached hydrogen (secondary N) is 1. The Morgan fingerprint density at radius 1 is 1.22 bits per heavy atom. The number of fused-ring (bicyclic) bond motifs is 1. The highest BCUT2D eigenvalue weighted by molar-refractivity contribution is 9.10. The molecule has 3 rings (SSSR count). The van der Waals surface area contributed by atoms with Gasteiger partial charge in [0.15, 0.2) is 0 Å². The number of allylic oxidation sites excluding steroid dienone is 2. The lowest BCUT2D eigenvalue weighted by molar-refractivity contribution is -0.142. The molecule has 0 radical (unpaired) electrons. The minimum Gasteiger partial charge on any atom is -0.324 e. The van der Waals surface area contributed by atoms with Crippen molar-refractivity contribution in [3.8, 4) is 0 Å². The van der Waals surface area contributed by atoms with E-state index >= 15 is 0 Å². The Bertz CT molecular complexity index is 688. The Balaban J connectivity index is 1.68. The Kier molecular flexibility index (Phi) is 4.35. The average Bonchev–Trinajstić information content (AvgIpc) is 2.76. The number of carbonyl (C=O) groups excluding carboxylic acids is 3. The van der Waals surface area contributed by atoms with E-state index in [1.165, 1.54) is 0 Å². The first-order valence-corrected chi connectivity index (χ1v) is 8.33. The molecule has 1 fully saturated rings. The Hall–Kier alpha value is -1.95. The number of aryl methyl sites for hydroxylation is 1. The summed E-state index contributed by atoms with van der Waals surface area (Å²) in [5.41, 5.74) is 1.58. The molecule has 0 saturated carbocycles. The van der Waals surface area contributed by atoms with Gasteiger partial charge in [-0.3, -0.25) is 19.3 Å². The van der Waals surface area contributed by atoms with Crippen LogP contribution in [0.2, 0.25) is 0 Å². The number of amides is 3. The van der Waals surface area contributed by atoms with Crippen LogP contribution in [-0.4, -0.2) is 29.2 Å². The summed E-state index contributed by atoms with van der Waals surface area (Å²) in [4.78, 5) is 38.0. The van der Waals surface area contributed by atoms with Crippen molar-refractivity contribution >= 4 is 39.3 Å². The number of benzene rings is 1. The van der Waals surface area contributed by atoms with Crippen LogP contribution in [0.3, 0.4) is 0 Å². The van der Waals surface area contributed by atoms with Crippen LogP contribution in [0, 0.1) is 18.8 Å². The van der Waals surface area contributed by atoms with Crippen molar-refractivity contribution in [2.45, 2.75) is 19.8 Å². The van der Waals surface area contributed by atoms with E-state index in [-0.39, 0.29) is 36.1 Å². The lowest BCUT2D eigenvalue weighted by Crippen LogP contribution is -2.38. The zero-order valence-electron chi connectivity index (χ0n) is 12.7. The molecule has 3 amide bonds. The highest BCUT2D eigenvalue weighted by atomic mass is 79.9. The first-order valence-electron chi connectivity index (χ1n) is 7.53. The number of rotatable bonds is 3. The molecule has 1 aromatic carbocycles. The molecule has 1 aromatic rings. The van der Waals surface area contributed by atoms with Crippen LogP contribution < -0.4 is 5.32 Å². The molecule has 2 aliphatic rings. The number of carbonyl (C=O) groups is 3. The van der Waals surface area contributed by atoms with E-state index in [0.717, 1.165) is 14.9 Å². The first kappa shape index (κ1) is 15.9. The van der Waals surface area contributed by atoms with Crippen LogP contribution in [0.1, 0.15) is 18.4 Å². The fourth-order valence-electron chi connectivity index (χ4n) is 3.13. The van der Waals surface area contributed by atoms with Gasteiger partial charge in [-0.05, 0) is 43.5 Å². The fraction of sp³-hybridized carbons (Fsp3) is 0.353. The second kappa shape index (κ2) is 6.28. The molecule has 1 aliphatic heterocycles. The summed E-state index contributed by atoms with van der Waals surface area (Å²) >= 11 is 3.37. The second-order valence-corrected chi connectivity index (χ2v) is 6.84. The van der Waals surface area contributed by atoms with Gasteiger partial charge in [0.25, 0.3) is 0 Å². The van der Waals surface area contributed by atoms with E-state index in [0.29, 0.717) is 18.5 Å². The summed E-state index contributed by atoms with van der Waals surface area (Å²) in [6, 6.07) is 5.51. The van der Waals surface area contributed by atoms with Gasteiger partial charge in [0.2, 0.25) is 17.7 Å². The molecule has 0 spiro atoms. The molecule has 120 valence electrons. The number of likely N-dealkylation sites (tertiary alicyclic amines) is 1. The molecular weight excluding hydrogens is 360 g/mol. The van der Waals surface area contributed by atoms with Crippen molar-refractivity contribution in [2.75, 3.05) is 11.9 Å². The summed E-state index contributed by atoms with van der Waals surface area (Å²) in [6.07, 6.45) is 5.03. The van der Waals surface area contributed by atoms with Crippen molar-refractivity contribution in [1.29, 1.82) is 0 Å². The summed E-state index contributed by atoms with van der Waals surface area (Å²) < 4.78 is 0.925. The molecule has 1 saturated heterocycles. The quantitative estimate of drug-likeness (QED) is 0.651. The zero-order chi connectivity index (χ0) is 16.6. The average molecular weight is 377 g/mol. The molecular formula is C17H17BrN2O3. The molecule has 1 N–H and O–H groups in total. The number of halogens is 1. The number of nitrogens with zero attached hydrogens (tertiary/aromatic N) is 1. The van der Waals surface area contributed by atoms with Crippen LogP contribution in [0.5, 0.6) is 0 Å². The van der Waals surface area contributed by atoms with Crippen molar-refractivity contribution in [3.63, 3.8) is 0 Å². The molecule has 2 atom stereocenters. The van der Waals surface area contributed by atoms with Gasteiger partial charge in [-0.25, -0.2) is 0 Å². The van der Waals surface area contributed by atoms with Gasteiger partial charge in [0.1, 0.15) is 6.54 Å². The number of imide groups is 1. The van der Waals surface area contributed by atoms with E-state index in [1.54, 1.807) is 6.07 Å². The van der Waals surface area contributed by atoms with Crippen molar-refractivity contribution in [1.82, 2.24) is 4.90 Å². The van der Waals surface area contributed by atoms with Crippen molar-refractivity contribution < 1.29 is 14.4 Å². The van der Waals surface area contributed by atoms with Crippen LogP contribution in [0.4, 0.5) is 5.69 Å². The number of hydrogen-bond acceptors (Lipinski definition) is 3. The Morgan fingerprint density at radius 2 is 1.83 bits per heavy atom. The SMILES string of the molecule is Cc1cc(Br)ccc1NC(=O)CN1C(=O)[C@H]2CC=CC[C@H]2C1=O. The molecule has 1 heterocycles. The van der Waals surface area contributed by atoms with Gasteiger partial charge in [-0.15, -0.1) is 0 Å². The van der Waals surface area contributed by atoms with Gasteiger partial charge in [-0.2, -0.15) is 0 Å². The third kappa shape index (κ3) is 3.08. The minimum absolute atomic E-state index is 0.222. The second-order valence-electron chi connectivity index (χ2n) is 5.93. The van der Waals surface area contributed by atoms with Crippen LogP contribution in [0.15, 0.2) is 34.8 Å². The van der Waals surface area contributed by atoms with Crippen molar-refractivity contribution in [3.05, 3.63) is 40.4 Å². The molecule has 0 bridgehead atoms. The molecule has 0 unspecified atom stereocenters. The summed E-state index contributed by atoms with van der Waals surface area (Å²) in [5.74, 6) is -1.41.